The molecule has 1 unspecified atom stereocenters. The van der Waals surface area contributed by atoms with Crippen LogP contribution >= 0.6 is 36.4 Å². The van der Waals surface area contributed by atoms with Gasteiger partial charge in [0.2, 0.25) is 5.91 Å². The van der Waals surface area contributed by atoms with Crippen molar-refractivity contribution >= 4 is 48.0 Å². The van der Waals surface area contributed by atoms with E-state index >= 15 is 0 Å². The van der Waals surface area contributed by atoms with Gasteiger partial charge in [0, 0.05) is 29.6 Å². The summed E-state index contributed by atoms with van der Waals surface area (Å²) in [5.74, 6) is -0.496. The molecule has 1 aromatic heterocycles. The third-order valence-corrected chi connectivity index (χ3v) is 5.52. The largest absolute Gasteiger partial charge is 0.325 e. The van der Waals surface area contributed by atoms with E-state index in [0.717, 1.165) is 22.3 Å². The summed E-state index contributed by atoms with van der Waals surface area (Å²) in [6, 6.07) is 28.3. The van der Waals surface area contributed by atoms with Gasteiger partial charge in [-0.1, -0.05) is 84.4 Å². The molecule has 4 rings (SSSR count). The first-order valence-corrected chi connectivity index (χ1v) is 10.4. The molecule has 3 aromatic carbocycles. The summed E-state index contributed by atoms with van der Waals surface area (Å²) in [6.07, 6.45) is 3.31. The lowest BCUT2D eigenvalue weighted by Crippen LogP contribution is -2.41. The summed E-state index contributed by atoms with van der Waals surface area (Å²) in [5.41, 5.74) is 11.0. The van der Waals surface area contributed by atoms with Gasteiger partial charge in [-0.2, -0.15) is 0 Å². The monoisotopic (exact) mass is 499 g/mol. The van der Waals surface area contributed by atoms with Gasteiger partial charge < -0.3 is 11.1 Å². The van der Waals surface area contributed by atoms with Crippen molar-refractivity contribution in [1.29, 1.82) is 0 Å². The molecule has 170 valence electrons. The van der Waals surface area contributed by atoms with E-state index in [1.165, 1.54) is 0 Å². The molecule has 0 saturated heterocycles. The van der Waals surface area contributed by atoms with Crippen molar-refractivity contribution in [2.75, 3.05) is 5.32 Å². The van der Waals surface area contributed by atoms with E-state index in [1.807, 2.05) is 91.0 Å². The van der Waals surface area contributed by atoms with Crippen LogP contribution in [0.25, 0.3) is 11.1 Å². The number of aromatic nitrogens is 1. The fourth-order valence-corrected chi connectivity index (χ4v) is 3.88. The lowest BCUT2D eigenvalue weighted by atomic mass is 9.85. The van der Waals surface area contributed by atoms with E-state index in [2.05, 4.69) is 10.3 Å². The van der Waals surface area contributed by atoms with Gasteiger partial charge in [0.05, 0.1) is 11.1 Å². The zero-order valence-electron chi connectivity index (χ0n) is 17.6. The number of benzene rings is 3. The molecule has 0 fully saturated rings. The van der Waals surface area contributed by atoms with E-state index in [-0.39, 0.29) is 36.6 Å². The second kappa shape index (κ2) is 12.4. The van der Waals surface area contributed by atoms with Crippen molar-refractivity contribution in [2.24, 2.45) is 5.73 Å². The predicted molar refractivity (Wildman–Crippen MR) is 141 cm³/mol. The molecule has 0 spiro atoms. The zero-order valence-corrected chi connectivity index (χ0v) is 20.0. The summed E-state index contributed by atoms with van der Waals surface area (Å²) < 4.78 is 0. The Bertz CT molecular complexity index is 1120. The van der Waals surface area contributed by atoms with Gasteiger partial charge >= 0.3 is 0 Å². The summed E-state index contributed by atoms with van der Waals surface area (Å²) >= 11 is 6.23. The number of hydrogen-bond donors (Lipinski definition) is 2. The molecule has 3 N–H and O–H groups in total. The molecule has 1 atom stereocenters. The number of amides is 1. The first kappa shape index (κ1) is 26.4. The highest BCUT2D eigenvalue weighted by atomic mass is 35.5. The molecule has 0 aliphatic carbocycles. The van der Waals surface area contributed by atoms with Crippen LogP contribution in [0.2, 0.25) is 5.02 Å². The third kappa shape index (κ3) is 6.34. The lowest BCUT2D eigenvalue weighted by molar-refractivity contribution is -0.117. The highest BCUT2D eigenvalue weighted by Gasteiger charge is 2.27. The molecule has 33 heavy (non-hydrogen) atoms. The number of nitrogens with zero attached hydrogens (tertiary/aromatic N) is 1. The Hall–Kier alpha value is -2.89. The van der Waals surface area contributed by atoms with Crippen LogP contribution in [-0.4, -0.2) is 16.9 Å². The van der Waals surface area contributed by atoms with Crippen LogP contribution in [0.5, 0.6) is 0 Å². The highest BCUT2D eigenvalue weighted by Crippen LogP contribution is 2.29. The second-order valence-corrected chi connectivity index (χ2v) is 7.65. The molecule has 4 nitrogen and oxygen atoms in total. The van der Waals surface area contributed by atoms with Gasteiger partial charge in [-0.25, -0.2) is 0 Å². The van der Waals surface area contributed by atoms with E-state index in [9.17, 15) is 4.79 Å². The molecule has 1 amide bonds. The van der Waals surface area contributed by atoms with Crippen LogP contribution in [0.3, 0.4) is 0 Å². The number of nitrogens with one attached hydrogen (secondary N) is 1. The van der Waals surface area contributed by atoms with Crippen molar-refractivity contribution in [3.63, 3.8) is 0 Å². The quantitative estimate of drug-likeness (QED) is 0.324. The Morgan fingerprint density at radius 3 is 1.88 bits per heavy atom. The van der Waals surface area contributed by atoms with E-state index in [0.29, 0.717) is 10.7 Å². The van der Waals surface area contributed by atoms with E-state index < -0.39 is 6.04 Å². The maximum Gasteiger partial charge on any atom is 0.242 e. The van der Waals surface area contributed by atoms with Crippen LogP contribution in [0.1, 0.15) is 17.0 Å². The molecule has 1 heterocycles. The van der Waals surface area contributed by atoms with Gasteiger partial charge in [0.25, 0.3) is 0 Å². The Morgan fingerprint density at radius 1 is 0.818 bits per heavy atom. The molecule has 0 bridgehead atoms. The maximum atomic E-state index is 13.0. The third-order valence-electron chi connectivity index (χ3n) is 5.22. The Labute approximate surface area is 211 Å². The first-order valence-electron chi connectivity index (χ1n) is 10.00. The minimum absolute atomic E-state index is 0. The fraction of sp³-hybridized carbons (Fsp3) is 0.0769. The summed E-state index contributed by atoms with van der Waals surface area (Å²) in [4.78, 5) is 17.1. The van der Waals surface area contributed by atoms with Crippen LogP contribution in [-0.2, 0) is 4.79 Å². The van der Waals surface area contributed by atoms with Gasteiger partial charge in [0.1, 0.15) is 0 Å². The molecule has 0 radical (unpaired) electrons. The Balaban J connectivity index is 0.00000193. The highest BCUT2D eigenvalue weighted by molar-refractivity contribution is 6.33. The molecular weight excluding hydrogens is 477 g/mol. The average Bonchev–Trinajstić information content (AvgIpc) is 2.81. The number of pyridine rings is 1. The summed E-state index contributed by atoms with van der Waals surface area (Å²) in [5, 5.41) is 3.52. The number of rotatable bonds is 6. The topological polar surface area (TPSA) is 68.0 Å². The molecule has 0 aliphatic rings. The Kier molecular flexibility index (Phi) is 9.89. The number of nitrogens with two attached hydrogens (primary N) is 1. The number of carbonyl (C=O) groups is 1. The fourth-order valence-electron chi connectivity index (χ4n) is 3.65. The number of hydrogen-bond acceptors (Lipinski definition) is 3. The van der Waals surface area contributed by atoms with Crippen molar-refractivity contribution in [2.45, 2.75) is 12.0 Å². The Morgan fingerprint density at radius 2 is 1.36 bits per heavy atom. The SMILES string of the molecule is Cl.Cl.NC(C(=O)Nc1ccc(-c2ccncc2Cl)cc1)C(c1ccccc1)c1ccccc1. The van der Waals surface area contributed by atoms with E-state index in [4.69, 9.17) is 17.3 Å². The molecule has 0 aliphatic heterocycles. The molecular formula is C26H24Cl3N3O. The summed E-state index contributed by atoms with van der Waals surface area (Å²) in [6.45, 7) is 0. The molecule has 0 saturated carbocycles. The smallest absolute Gasteiger partial charge is 0.242 e. The standard InChI is InChI=1S/C26H22ClN3O.2ClH/c27-23-17-29-16-15-22(23)18-11-13-21(14-12-18)30-26(31)25(28)24(19-7-3-1-4-8-19)20-9-5-2-6-10-20;;/h1-17,24-25H,28H2,(H,30,31);2*1H. The van der Waals surface area contributed by atoms with Gasteiger partial charge in [-0.3, -0.25) is 9.78 Å². The van der Waals surface area contributed by atoms with Crippen molar-refractivity contribution in [3.8, 4) is 11.1 Å². The van der Waals surface area contributed by atoms with Crippen LogP contribution in [0, 0.1) is 0 Å². The van der Waals surface area contributed by atoms with E-state index in [1.54, 1.807) is 12.4 Å². The lowest BCUT2D eigenvalue weighted by Gasteiger charge is -2.24. The number of halogens is 3. The number of carbonyl (C=O) groups excluding carboxylic acids is 1. The van der Waals surface area contributed by atoms with Crippen molar-refractivity contribution in [3.05, 3.63) is 120 Å². The number of anilines is 1. The van der Waals surface area contributed by atoms with Crippen LogP contribution in [0.15, 0.2) is 103 Å². The molecule has 4 aromatic rings. The summed E-state index contributed by atoms with van der Waals surface area (Å²) in [7, 11) is 0. The molecule has 7 heteroatoms. The van der Waals surface area contributed by atoms with Crippen LogP contribution < -0.4 is 11.1 Å². The van der Waals surface area contributed by atoms with Crippen LogP contribution in [0.4, 0.5) is 5.69 Å². The van der Waals surface area contributed by atoms with Gasteiger partial charge in [-0.05, 0) is 34.9 Å². The average molecular weight is 501 g/mol. The second-order valence-electron chi connectivity index (χ2n) is 7.25. The minimum Gasteiger partial charge on any atom is -0.325 e. The predicted octanol–water partition coefficient (Wildman–Crippen LogP) is 6.34. The van der Waals surface area contributed by atoms with Crippen molar-refractivity contribution in [1.82, 2.24) is 4.98 Å². The minimum atomic E-state index is -0.751. The zero-order chi connectivity index (χ0) is 21.6. The van der Waals surface area contributed by atoms with Gasteiger partial charge in [-0.15, -0.1) is 24.8 Å². The first-order chi connectivity index (χ1) is 15.1. The maximum absolute atomic E-state index is 13.0. The van der Waals surface area contributed by atoms with Gasteiger partial charge in [0.15, 0.2) is 0 Å². The van der Waals surface area contributed by atoms with Crippen molar-refractivity contribution < 1.29 is 4.79 Å². The normalized spacial score (nSPS) is 11.1.